The van der Waals surface area contributed by atoms with Crippen LogP contribution in [0.3, 0.4) is 0 Å². The predicted octanol–water partition coefficient (Wildman–Crippen LogP) is 3.22. The van der Waals surface area contributed by atoms with Crippen LogP contribution in [0.5, 0.6) is 5.75 Å². The highest BCUT2D eigenvalue weighted by Crippen LogP contribution is 2.32. The fourth-order valence-electron chi connectivity index (χ4n) is 4.13. The van der Waals surface area contributed by atoms with Crippen LogP contribution in [0.25, 0.3) is 0 Å². The maximum atomic E-state index is 13.1. The van der Waals surface area contributed by atoms with E-state index in [2.05, 4.69) is 10.9 Å². The quantitative estimate of drug-likeness (QED) is 0.759. The molecule has 2 unspecified atom stereocenters. The Labute approximate surface area is 164 Å². The van der Waals surface area contributed by atoms with Gasteiger partial charge in [-0.15, -0.1) is 0 Å². The molecule has 0 aliphatic carbocycles. The molecular formula is C21H24ClN3O2. The van der Waals surface area contributed by atoms with Gasteiger partial charge in [-0.3, -0.25) is 10.2 Å². The summed E-state index contributed by atoms with van der Waals surface area (Å²) in [4.78, 5) is 15.1. The van der Waals surface area contributed by atoms with Crippen LogP contribution in [-0.2, 0) is 4.79 Å². The number of hydrogen-bond donors (Lipinski definition) is 3. The van der Waals surface area contributed by atoms with Crippen molar-refractivity contribution in [1.29, 1.82) is 0 Å². The molecule has 142 valence electrons. The average Bonchev–Trinajstić information content (AvgIpc) is 3.18. The lowest BCUT2D eigenvalue weighted by Gasteiger charge is -2.34. The van der Waals surface area contributed by atoms with Crippen LogP contribution in [-0.4, -0.2) is 35.5 Å². The summed E-state index contributed by atoms with van der Waals surface area (Å²) in [5, 5.41) is 10.2. The molecule has 0 radical (unpaired) electrons. The first-order valence-corrected chi connectivity index (χ1v) is 9.81. The summed E-state index contributed by atoms with van der Waals surface area (Å²) in [6.45, 7) is 2.17. The van der Waals surface area contributed by atoms with Crippen LogP contribution in [0.1, 0.15) is 35.9 Å². The van der Waals surface area contributed by atoms with Gasteiger partial charge in [-0.05, 0) is 54.2 Å². The van der Waals surface area contributed by atoms with Crippen molar-refractivity contribution in [3.63, 3.8) is 0 Å². The van der Waals surface area contributed by atoms with Crippen LogP contribution in [0.4, 0.5) is 0 Å². The summed E-state index contributed by atoms with van der Waals surface area (Å²) in [6.07, 6.45) is 1.91. The Morgan fingerprint density at radius 1 is 1.00 bits per heavy atom. The van der Waals surface area contributed by atoms with Gasteiger partial charge in [0.1, 0.15) is 5.75 Å². The smallest absolute Gasteiger partial charge is 0.229 e. The minimum absolute atomic E-state index is 0.0374. The van der Waals surface area contributed by atoms with Gasteiger partial charge in [-0.25, -0.2) is 5.43 Å². The standard InChI is InChI=1S/C21H24ClN3O2/c22-17-5-1-16(2-6-17)20-19(13-23-24-20)21(27)25-11-9-15(10-12-25)14-3-7-18(26)8-4-14/h1-8,15,19-20,23-24,26H,9-13H2. The molecule has 4 rings (SSSR count). The van der Waals surface area contributed by atoms with Gasteiger partial charge in [-0.2, -0.15) is 0 Å². The molecule has 0 saturated carbocycles. The van der Waals surface area contributed by atoms with Crippen molar-refractivity contribution >= 4 is 17.5 Å². The van der Waals surface area contributed by atoms with Crippen molar-refractivity contribution in [2.45, 2.75) is 24.8 Å². The summed E-state index contributed by atoms with van der Waals surface area (Å²) in [5.41, 5.74) is 8.69. The third-order valence-electron chi connectivity index (χ3n) is 5.70. The minimum atomic E-state index is -0.114. The zero-order chi connectivity index (χ0) is 18.8. The van der Waals surface area contributed by atoms with Gasteiger partial charge in [0.05, 0.1) is 12.0 Å². The molecule has 2 saturated heterocycles. The van der Waals surface area contributed by atoms with E-state index >= 15 is 0 Å². The molecule has 3 N–H and O–H groups in total. The number of rotatable bonds is 3. The van der Waals surface area contributed by atoms with Crippen LogP contribution >= 0.6 is 11.6 Å². The first-order chi connectivity index (χ1) is 13.1. The maximum absolute atomic E-state index is 13.1. The Bertz CT molecular complexity index is 786. The van der Waals surface area contributed by atoms with Crippen LogP contribution in [0, 0.1) is 5.92 Å². The number of halogens is 1. The molecule has 2 aliphatic heterocycles. The molecule has 2 fully saturated rings. The zero-order valence-corrected chi connectivity index (χ0v) is 15.8. The van der Waals surface area contributed by atoms with E-state index in [0.29, 0.717) is 23.2 Å². The molecule has 0 bridgehead atoms. The van der Waals surface area contributed by atoms with Gasteiger partial charge in [0.2, 0.25) is 5.91 Å². The van der Waals surface area contributed by atoms with E-state index in [1.165, 1.54) is 5.56 Å². The van der Waals surface area contributed by atoms with Crippen molar-refractivity contribution in [1.82, 2.24) is 15.8 Å². The Morgan fingerprint density at radius 3 is 2.30 bits per heavy atom. The van der Waals surface area contributed by atoms with Crippen molar-refractivity contribution in [2.24, 2.45) is 5.92 Å². The normalized spacial score (nSPS) is 23.5. The monoisotopic (exact) mass is 385 g/mol. The lowest BCUT2D eigenvalue weighted by molar-refractivity contribution is -0.136. The van der Waals surface area contributed by atoms with Gasteiger partial charge in [0, 0.05) is 24.7 Å². The minimum Gasteiger partial charge on any atom is -0.508 e. The summed E-state index contributed by atoms with van der Waals surface area (Å²) >= 11 is 5.99. The van der Waals surface area contributed by atoms with Crippen molar-refractivity contribution in [3.05, 3.63) is 64.7 Å². The third-order valence-corrected chi connectivity index (χ3v) is 5.95. The fourth-order valence-corrected chi connectivity index (χ4v) is 4.25. The number of carbonyl (C=O) groups is 1. The number of hydrazine groups is 1. The van der Waals surface area contributed by atoms with E-state index in [9.17, 15) is 9.90 Å². The number of amides is 1. The summed E-state index contributed by atoms with van der Waals surface area (Å²) in [6, 6.07) is 15.1. The van der Waals surface area contributed by atoms with Gasteiger partial charge in [0.15, 0.2) is 0 Å². The number of phenolic OH excluding ortho intramolecular Hbond substituents is 1. The molecule has 27 heavy (non-hydrogen) atoms. The van der Waals surface area contributed by atoms with E-state index in [-0.39, 0.29) is 17.9 Å². The van der Waals surface area contributed by atoms with Gasteiger partial charge < -0.3 is 10.0 Å². The average molecular weight is 386 g/mol. The first-order valence-electron chi connectivity index (χ1n) is 9.43. The van der Waals surface area contributed by atoms with Crippen molar-refractivity contribution < 1.29 is 9.90 Å². The second-order valence-corrected chi connectivity index (χ2v) is 7.79. The molecule has 2 aromatic rings. The Morgan fingerprint density at radius 2 is 1.63 bits per heavy atom. The van der Waals surface area contributed by atoms with Gasteiger partial charge in [-0.1, -0.05) is 35.9 Å². The van der Waals surface area contributed by atoms with E-state index < -0.39 is 0 Å². The molecule has 0 aromatic heterocycles. The largest absolute Gasteiger partial charge is 0.508 e. The van der Waals surface area contributed by atoms with Gasteiger partial charge in [0.25, 0.3) is 0 Å². The van der Waals surface area contributed by atoms with E-state index in [1.807, 2.05) is 41.3 Å². The summed E-state index contributed by atoms with van der Waals surface area (Å²) in [7, 11) is 0. The van der Waals surface area contributed by atoms with Crippen molar-refractivity contribution in [3.8, 4) is 5.75 Å². The third kappa shape index (κ3) is 3.95. The number of benzene rings is 2. The Kier molecular flexibility index (Phi) is 5.34. The lowest BCUT2D eigenvalue weighted by atomic mass is 9.88. The highest BCUT2D eigenvalue weighted by Gasteiger charge is 2.37. The molecule has 6 heteroatoms. The first kappa shape index (κ1) is 18.3. The SMILES string of the molecule is O=C(C1CNNC1c1ccc(Cl)cc1)N1CCC(c2ccc(O)cc2)CC1. The number of carbonyl (C=O) groups excluding carboxylic acids is 1. The molecule has 5 nitrogen and oxygen atoms in total. The molecule has 1 amide bonds. The topological polar surface area (TPSA) is 64.6 Å². The molecule has 2 aromatic carbocycles. The lowest BCUT2D eigenvalue weighted by Crippen LogP contribution is -2.43. The number of nitrogens with zero attached hydrogens (tertiary/aromatic N) is 1. The van der Waals surface area contributed by atoms with Crippen molar-refractivity contribution in [2.75, 3.05) is 19.6 Å². The van der Waals surface area contributed by atoms with E-state index in [0.717, 1.165) is 31.5 Å². The van der Waals surface area contributed by atoms with Gasteiger partial charge >= 0.3 is 0 Å². The molecule has 2 atom stereocenters. The zero-order valence-electron chi connectivity index (χ0n) is 15.1. The summed E-state index contributed by atoms with van der Waals surface area (Å²) in [5.74, 6) is 0.829. The molecule has 2 aliphatic rings. The van der Waals surface area contributed by atoms with Crippen LogP contribution < -0.4 is 10.9 Å². The number of aromatic hydroxyl groups is 1. The molecule has 2 heterocycles. The van der Waals surface area contributed by atoms with Crippen LogP contribution in [0.15, 0.2) is 48.5 Å². The maximum Gasteiger partial charge on any atom is 0.229 e. The Hall–Kier alpha value is -2.08. The highest BCUT2D eigenvalue weighted by molar-refractivity contribution is 6.30. The second-order valence-electron chi connectivity index (χ2n) is 7.35. The second kappa shape index (κ2) is 7.89. The number of hydrogen-bond acceptors (Lipinski definition) is 4. The number of piperidine rings is 1. The predicted molar refractivity (Wildman–Crippen MR) is 105 cm³/mol. The number of nitrogens with one attached hydrogen (secondary N) is 2. The van der Waals surface area contributed by atoms with Crippen LogP contribution in [0.2, 0.25) is 5.02 Å². The van der Waals surface area contributed by atoms with E-state index in [4.69, 9.17) is 11.6 Å². The van der Waals surface area contributed by atoms with E-state index in [1.54, 1.807) is 12.1 Å². The fraction of sp³-hybridized carbons (Fsp3) is 0.381. The Balaban J connectivity index is 1.39. The molecule has 0 spiro atoms. The highest BCUT2D eigenvalue weighted by atomic mass is 35.5. The summed E-state index contributed by atoms with van der Waals surface area (Å²) < 4.78 is 0. The number of phenols is 1. The molecular weight excluding hydrogens is 362 g/mol. The number of likely N-dealkylation sites (tertiary alicyclic amines) is 1.